The zero-order valence-electron chi connectivity index (χ0n) is 37.1. The number of esters is 2. The van der Waals surface area contributed by atoms with E-state index in [-0.39, 0.29) is 12.8 Å². The summed E-state index contributed by atoms with van der Waals surface area (Å²) in [4.78, 5) is 52.7. The third-order valence-corrected chi connectivity index (χ3v) is 9.75. The second kappa shape index (κ2) is 40.2. The monoisotopic (exact) mass is 928 g/mol. The molecule has 0 fully saturated rings. The van der Waals surface area contributed by atoms with Crippen molar-refractivity contribution in [3.8, 4) is 0 Å². The summed E-state index contributed by atoms with van der Waals surface area (Å²) in [6.07, 6.45) is 41.6. The van der Waals surface area contributed by atoms with Gasteiger partial charge in [-0.25, -0.2) is 9.13 Å². The Morgan fingerprint density at radius 3 is 1.78 bits per heavy atom. The number of carbonyl (C=O) groups is 2. The Morgan fingerprint density at radius 1 is 0.556 bits per heavy atom. The summed E-state index contributed by atoms with van der Waals surface area (Å²) in [6, 6.07) is 0. The predicted molar refractivity (Wildman–Crippen MR) is 246 cm³/mol. The van der Waals surface area contributed by atoms with Crippen molar-refractivity contribution in [2.24, 2.45) is 0 Å². The van der Waals surface area contributed by atoms with Crippen LogP contribution in [0.1, 0.15) is 117 Å². The van der Waals surface area contributed by atoms with E-state index in [4.69, 9.17) is 23.8 Å². The lowest BCUT2D eigenvalue weighted by atomic mass is 10.1. The van der Waals surface area contributed by atoms with E-state index < -0.39 is 78.4 Å². The first-order chi connectivity index (χ1) is 30.2. The van der Waals surface area contributed by atoms with Crippen LogP contribution in [0.3, 0.4) is 0 Å². The molecule has 0 radical (unpaired) electrons. The van der Waals surface area contributed by atoms with Crippen LogP contribution in [0.4, 0.5) is 0 Å². The van der Waals surface area contributed by atoms with Crippen molar-refractivity contribution in [2.45, 2.75) is 141 Å². The van der Waals surface area contributed by atoms with Crippen LogP contribution < -0.4 is 0 Å². The van der Waals surface area contributed by atoms with Crippen molar-refractivity contribution in [1.82, 2.24) is 0 Å². The van der Waals surface area contributed by atoms with Crippen molar-refractivity contribution in [1.29, 1.82) is 0 Å². The average Bonchev–Trinajstić information content (AvgIpc) is 3.23. The minimum absolute atomic E-state index is 0.00618. The van der Waals surface area contributed by atoms with Crippen LogP contribution in [0, 0.1) is 0 Å². The van der Waals surface area contributed by atoms with Gasteiger partial charge >= 0.3 is 27.6 Å². The number of allylic oxidation sites excluding steroid dienone is 14. The first-order valence-electron chi connectivity index (χ1n) is 21.8. The van der Waals surface area contributed by atoms with Crippen molar-refractivity contribution >= 4 is 27.6 Å². The molecule has 15 nitrogen and oxygen atoms in total. The van der Waals surface area contributed by atoms with E-state index in [1.165, 1.54) is 19.3 Å². The van der Waals surface area contributed by atoms with Gasteiger partial charge in [-0.2, -0.15) is 0 Å². The fourth-order valence-electron chi connectivity index (χ4n) is 4.97. The van der Waals surface area contributed by atoms with Gasteiger partial charge in [-0.1, -0.05) is 136 Å². The SMILES string of the molecule is CC/C=C\C[C@@H](O)/C=C/C=C\C/C=C\C=C\[C@@H](O)/C=C\CCCC(=O)OC[C@H](COP(=O)(O)OC[C@@H](O)COP(=O)(O)O)OC(=O)CCCC/C=C\C/C=C\C/C=C\CCCCC. The maximum absolute atomic E-state index is 12.6. The Bertz CT molecular complexity index is 1560. The summed E-state index contributed by atoms with van der Waals surface area (Å²) in [5.41, 5.74) is 0. The van der Waals surface area contributed by atoms with Crippen LogP contribution in [0.2, 0.25) is 0 Å². The lowest BCUT2D eigenvalue weighted by Crippen LogP contribution is -2.29. The minimum Gasteiger partial charge on any atom is -0.462 e. The minimum atomic E-state index is -4.90. The number of rotatable bonds is 39. The molecule has 0 aliphatic rings. The molecule has 0 aliphatic carbocycles. The van der Waals surface area contributed by atoms with Crippen molar-refractivity contribution in [3.05, 3.63) is 109 Å². The third kappa shape index (κ3) is 43.7. The summed E-state index contributed by atoms with van der Waals surface area (Å²) in [5, 5.41) is 29.7. The van der Waals surface area contributed by atoms with Gasteiger partial charge in [0.2, 0.25) is 0 Å². The van der Waals surface area contributed by atoms with Gasteiger partial charge in [0.25, 0.3) is 0 Å². The Morgan fingerprint density at radius 2 is 1.13 bits per heavy atom. The largest absolute Gasteiger partial charge is 0.472 e. The Labute approximate surface area is 375 Å². The van der Waals surface area contributed by atoms with E-state index in [0.717, 1.165) is 32.1 Å². The van der Waals surface area contributed by atoms with Gasteiger partial charge in [0.1, 0.15) is 12.7 Å². The van der Waals surface area contributed by atoms with Gasteiger partial charge < -0.3 is 39.5 Å². The molecule has 6 N–H and O–H groups in total. The quantitative estimate of drug-likeness (QED) is 0.0111. The zero-order valence-corrected chi connectivity index (χ0v) is 38.9. The van der Waals surface area contributed by atoms with Crippen molar-refractivity contribution < 1.29 is 71.8 Å². The highest BCUT2D eigenvalue weighted by molar-refractivity contribution is 7.47. The van der Waals surface area contributed by atoms with E-state index >= 15 is 0 Å². The fraction of sp³-hybridized carbons (Fsp3) is 0.565. The molecule has 0 heterocycles. The molecule has 0 aromatic heterocycles. The smallest absolute Gasteiger partial charge is 0.462 e. The summed E-state index contributed by atoms with van der Waals surface area (Å²) < 4.78 is 47.6. The first-order valence-corrected chi connectivity index (χ1v) is 24.8. The number of hydrogen-bond donors (Lipinski definition) is 6. The normalized spacial score (nSPS) is 16.0. The molecular formula is C46H74O15P2. The predicted octanol–water partition coefficient (Wildman–Crippen LogP) is 9.05. The number of aliphatic hydroxyl groups is 3. The molecule has 5 atom stereocenters. The van der Waals surface area contributed by atoms with Gasteiger partial charge in [-0.3, -0.25) is 23.2 Å². The maximum Gasteiger partial charge on any atom is 0.472 e. The molecule has 358 valence electrons. The molecule has 0 rings (SSSR count). The van der Waals surface area contributed by atoms with Gasteiger partial charge in [-0.05, 0) is 77.0 Å². The molecule has 0 saturated carbocycles. The fourth-order valence-corrected chi connectivity index (χ4v) is 6.13. The lowest BCUT2D eigenvalue weighted by Gasteiger charge is -2.20. The lowest BCUT2D eigenvalue weighted by molar-refractivity contribution is -0.161. The molecule has 0 aromatic rings. The second-order valence-corrected chi connectivity index (χ2v) is 17.0. The van der Waals surface area contributed by atoms with Crippen LogP contribution in [0.15, 0.2) is 109 Å². The Kier molecular flexibility index (Phi) is 38.1. The Balaban J connectivity index is 4.83. The maximum atomic E-state index is 12.6. The molecule has 1 unspecified atom stereocenters. The van der Waals surface area contributed by atoms with Crippen LogP contribution in [-0.4, -0.2) is 92.8 Å². The van der Waals surface area contributed by atoms with Crippen LogP contribution in [0.25, 0.3) is 0 Å². The van der Waals surface area contributed by atoms with Gasteiger partial charge in [0, 0.05) is 12.8 Å². The average molecular weight is 929 g/mol. The van der Waals surface area contributed by atoms with Gasteiger partial charge in [-0.15, -0.1) is 0 Å². The number of unbranched alkanes of at least 4 members (excludes halogenated alkanes) is 6. The molecule has 0 spiro atoms. The summed E-state index contributed by atoms with van der Waals surface area (Å²) in [6.45, 7) is 1.25. The topological polar surface area (TPSA) is 236 Å². The summed E-state index contributed by atoms with van der Waals surface area (Å²) >= 11 is 0. The van der Waals surface area contributed by atoms with Crippen molar-refractivity contribution in [2.75, 3.05) is 26.4 Å². The van der Waals surface area contributed by atoms with Crippen LogP contribution in [-0.2, 0) is 41.8 Å². The van der Waals surface area contributed by atoms with E-state index in [1.807, 2.05) is 49.5 Å². The van der Waals surface area contributed by atoms with Crippen LogP contribution >= 0.6 is 15.6 Å². The molecule has 0 saturated heterocycles. The van der Waals surface area contributed by atoms with E-state index in [0.29, 0.717) is 38.5 Å². The zero-order chi connectivity index (χ0) is 46.9. The van der Waals surface area contributed by atoms with Crippen molar-refractivity contribution in [3.63, 3.8) is 0 Å². The van der Waals surface area contributed by atoms with Gasteiger partial charge in [0.05, 0.1) is 32.0 Å². The second-order valence-electron chi connectivity index (χ2n) is 14.3. The highest BCUT2D eigenvalue weighted by atomic mass is 31.2. The van der Waals surface area contributed by atoms with E-state index in [2.05, 4.69) is 46.4 Å². The summed E-state index contributed by atoms with van der Waals surface area (Å²) in [7, 11) is -9.77. The third-order valence-electron chi connectivity index (χ3n) is 8.31. The molecule has 0 amide bonds. The number of phosphoric acid groups is 2. The number of hydrogen-bond acceptors (Lipinski definition) is 12. The highest BCUT2D eigenvalue weighted by Gasteiger charge is 2.28. The number of aliphatic hydroxyl groups excluding tert-OH is 3. The number of phosphoric ester groups is 2. The molecule has 0 aromatic carbocycles. The molecule has 0 aliphatic heterocycles. The summed E-state index contributed by atoms with van der Waals surface area (Å²) in [5.74, 6) is -1.27. The number of ether oxygens (including phenoxy) is 2. The molecular weight excluding hydrogens is 854 g/mol. The van der Waals surface area contributed by atoms with Crippen LogP contribution in [0.5, 0.6) is 0 Å². The van der Waals surface area contributed by atoms with E-state index in [9.17, 15) is 38.9 Å². The van der Waals surface area contributed by atoms with E-state index in [1.54, 1.807) is 36.5 Å². The van der Waals surface area contributed by atoms with Gasteiger partial charge in [0.15, 0.2) is 6.10 Å². The Hall–Kier alpha value is -3.30. The number of carbonyl (C=O) groups excluding carboxylic acids is 2. The first kappa shape index (κ1) is 59.7. The standard InChI is InChI=1S/C46H74O15P2/c1-3-5-7-8-9-10-11-12-13-14-15-16-20-23-29-36-46(51)61-44(40-60-63(55,56)59-38-43(49)37-58-62(52,53)54)39-57-45(50)35-30-24-28-34-42(48)33-27-22-19-17-18-21-26-32-41(47)31-25-6-4-2/h6,9-10,12-13,15-16,18-19,21-22,25-28,32-34,41-44,47-49H,3-5,7-8,11,14,17,20,23-24,29-31,35-40H2,1-2H3,(H,55,56)(H2,52,53,54)/b10-9-,13-12-,16-15-,21-18-,22-19-,25-6-,32-26+,33-27+,34-28-/t41-,42-,43+,44-/m1/s1. The highest BCUT2D eigenvalue weighted by Crippen LogP contribution is 2.43. The molecule has 0 bridgehead atoms. The molecule has 63 heavy (non-hydrogen) atoms. The molecule has 17 heteroatoms.